The SMILES string of the molecule is O=C(Nc1ccc2nc[nH]c2c1)c1ccc2cc(Br)ccc2c1. The minimum Gasteiger partial charge on any atom is -0.345 e. The first-order valence-corrected chi connectivity index (χ1v) is 7.92. The van der Waals surface area contributed by atoms with Gasteiger partial charge in [0.25, 0.3) is 5.91 Å². The van der Waals surface area contributed by atoms with Gasteiger partial charge in [-0.2, -0.15) is 0 Å². The molecule has 1 amide bonds. The van der Waals surface area contributed by atoms with E-state index in [2.05, 4.69) is 31.2 Å². The number of amides is 1. The molecular weight excluding hydrogens is 354 g/mol. The summed E-state index contributed by atoms with van der Waals surface area (Å²) < 4.78 is 1.02. The Kier molecular flexibility index (Phi) is 3.35. The first kappa shape index (κ1) is 14.0. The van der Waals surface area contributed by atoms with Gasteiger partial charge in [0.05, 0.1) is 17.4 Å². The van der Waals surface area contributed by atoms with Crippen molar-refractivity contribution >= 4 is 49.3 Å². The smallest absolute Gasteiger partial charge is 0.255 e. The Labute approximate surface area is 140 Å². The van der Waals surface area contributed by atoms with E-state index < -0.39 is 0 Å². The van der Waals surface area contributed by atoms with Gasteiger partial charge in [-0.3, -0.25) is 4.79 Å². The molecule has 0 radical (unpaired) electrons. The Morgan fingerprint density at radius 3 is 2.74 bits per heavy atom. The molecule has 1 aromatic heterocycles. The second-order valence-corrected chi connectivity index (χ2v) is 6.21. The molecule has 1 heterocycles. The molecule has 112 valence electrons. The number of aromatic nitrogens is 2. The van der Waals surface area contributed by atoms with E-state index in [1.807, 2.05) is 54.6 Å². The standard InChI is InChI=1S/C18H12BrN3O/c19-14-4-3-11-7-13(2-1-12(11)8-14)18(23)22-15-5-6-16-17(9-15)21-10-20-16/h1-10H,(H,20,21)(H,22,23). The van der Waals surface area contributed by atoms with Gasteiger partial charge in [-0.1, -0.05) is 28.1 Å². The molecule has 4 nitrogen and oxygen atoms in total. The van der Waals surface area contributed by atoms with Gasteiger partial charge in [0.15, 0.2) is 0 Å². The Morgan fingerprint density at radius 1 is 1.00 bits per heavy atom. The molecule has 0 spiro atoms. The average Bonchev–Trinajstić information content (AvgIpc) is 3.02. The van der Waals surface area contributed by atoms with Crippen molar-refractivity contribution in [2.24, 2.45) is 0 Å². The maximum atomic E-state index is 12.5. The van der Waals surface area contributed by atoms with Gasteiger partial charge in [-0.15, -0.1) is 0 Å². The number of anilines is 1. The van der Waals surface area contributed by atoms with Crippen LogP contribution >= 0.6 is 15.9 Å². The van der Waals surface area contributed by atoms with Gasteiger partial charge in [0.2, 0.25) is 0 Å². The van der Waals surface area contributed by atoms with Crippen molar-refractivity contribution in [1.29, 1.82) is 0 Å². The zero-order valence-corrected chi connectivity index (χ0v) is 13.6. The van der Waals surface area contributed by atoms with E-state index in [9.17, 15) is 4.79 Å². The van der Waals surface area contributed by atoms with E-state index >= 15 is 0 Å². The van der Waals surface area contributed by atoms with Crippen molar-refractivity contribution in [2.45, 2.75) is 0 Å². The van der Waals surface area contributed by atoms with E-state index in [4.69, 9.17) is 0 Å². The third kappa shape index (κ3) is 2.71. The highest BCUT2D eigenvalue weighted by Crippen LogP contribution is 2.22. The highest BCUT2D eigenvalue weighted by atomic mass is 79.9. The van der Waals surface area contributed by atoms with Gasteiger partial charge in [0, 0.05) is 15.7 Å². The fourth-order valence-electron chi connectivity index (χ4n) is 2.57. The molecule has 4 aromatic rings. The van der Waals surface area contributed by atoms with Crippen LogP contribution in [0.25, 0.3) is 21.8 Å². The van der Waals surface area contributed by atoms with Crippen molar-refractivity contribution < 1.29 is 4.79 Å². The fraction of sp³-hybridized carbons (Fsp3) is 0. The fourth-order valence-corrected chi connectivity index (χ4v) is 2.95. The van der Waals surface area contributed by atoms with Crippen molar-refractivity contribution in [3.05, 3.63) is 71.0 Å². The van der Waals surface area contributed by atoms with Crippen molar-refractivity contribution in [1.82, 2.24) is 9.97 Å². The molecule has 0 aliphatic carbocycles. The second-order valence-electron chi connectivity index (χ2n) is 5.29. The maximum absolute atomic E-state index is 12.5. The van der Waals surface area contributed by atoms with Crippen LogP contribution < -0.4 is 5.32 Å². The van der Waals surface area contributed by atoms with Crippen LogP contribution in [0.4, 0.5) is 5.69 Å². The molecule has 2 N–H and O–H groups in total. The third-order valence-electron chi connectivity index (χ3n) is 3.74. The normalized spacial score (nSPS) is 11.0. The van der Waals surface area contributed by atoms with Gasteiger partial charge in [-0.05, 0) is 53.2 Å². The number of hydrogen-bond acceptors (Lipinski definition) is 2. The lowest BCUT2D eigenvalue weighted by molar-refractivity contribution is 0.102. The molecule has 0 fully saturated rings. The lowest BCUT2D eigenvalue weighted by atomic mass is 10.1. The van der Waals surface area contributed by atoms with Crippen LogP contribution in [0.3, 0.4) is 0 Å². The second kappa shape index (κ2) is 5.52. The van der Waals surface area contributed by atoms with Crippen LogP contribution in [0.5, 0.6) is 0 Å². The minimum atomic E-state index is -0.131. The molecule has 0 saturated heterocycles. The van der Waals surface area contributed by atoms with E-state index in [1.165, 1.54) is 0 Å². The predicted molar refractivity (Wildman–Crippen MR) is 95.7 cm³/mol. The first-order valence-electron chi connectivity index (χ1n) is 7.13. The maximum Gasteiger partial charge on any atom is 0.255 e. The summed E-state index contributed by atoms with van der Waals surface area (Å²) in [7, 11) is 0. The van der Waals surface area contributed by atoms with Crippen LogP contribution in [0.1, 0.15) is 10.4 Å². The summed E-state index contributed by atoms with van der Waals surface area (Å²) in [5.74, 6) is -0.131. The molecule has 0 unspecified atom stereocenters. The average molecular weight is 366 g/mol. The number of aromatic amines is 1. The summed E-state index contributed by atoms with van der Waals surface area (Å²) in [4.78, 5) is 19.7. The lowest BCUT2D eigenvalue weighted by Crippen LogP contribution is -2.11. The van der Waals surface area contributed by atoms with E-state index in [1.54, 1.807) is 6.33 Å². The van der Waals surface area contributed by atoms with Crippen LogP contribution in [-0.2, 0) is 0 Å². The highest BCUT2D eigenvalue weighted by molar-refractivity contribution is 9.10. The molecule has 3 aromatic carbocycles. The minimum absolute atomic E-state index is 0.131. The highest BCUT2D eigenvalue weighted by Gasteiger charge is 2.08. The third-order valence-corrected chi connectivity index (χ3v) is 4.24. The molecular formula is C18H12BrN3O. The monoisotopic (exact) mass is 365 g/mol. The van der Waals surface area contributed by atoms with Crippen LogP contribution in [0.2, 0.25) is 0 Å². The number of nitrogens with one attached hydrogen (secondary N) is 2. The summed E-state index contributed by atoms with van der Waals surface area (Å²) in [5.41, 5.74) is 3.14. The Balaban J connectivity index is 1.64. The summed E-state index contributed by atoms with van der Waals surface area (Å²) >= 11 is 3.45. The van der Waals surface area contributed by atoms with Crippen LogP contribution in [-0.4, -0.2) is 15.9 Å². The number of fused-ring (bicyclic) bond motifs is 2. The Morgan fingerprint density at radius 2 is 1.83 bits per heavy atom. The topological polar surface area (TPSA) is 57.8 Å². The van der Waals surface area contributed by atoms with Crippen molar-refractivity contribution in [2.75, 3.05) is 5.32 Å². The number of imidazole rings is 1. The zero-order valence-electron chi connectivity index (χ0n) is 12.0. The zero-order chi connectivity index (χ0) is 15.8. The predicted octanol–water partition coefficient (Wildman–Crippen LogP) is 4.73. The number of carbonyl (C=O) groups excluding carboxylic acids is 1. The molecule has 0 aliphatic heterocycles. The molecule has 5 heteroatoms. The van der Waals surface area contributed by atoms with E-state index in [0.29, 0.717) is 5.56 Å². The largest absolute Gasteiger partial charge is 0.345 e. The van der Waals surface area contributed by atoms with Gasteiger partial charge in [-0.25, -0.2) is 4.98 Å². The summed E-state index contributed by atoms with van der Waals surface area (Å²) in [6.07, 6.45) is 1.64. The van der Waals surface area contributed by atoms with Gasteiger partial charge < -0.3 is 10.3 Å². The number of nitrogens with zero attached hydrogens (tertiary/aromatic N) is 1. The van der Waals surface area contributed by atoms with Gasteiger partial charge >= 0.3 is 0 Å². The molecule has 23 heavy (non-hydrogen) atoms. The molecule has 0 atom stereocenters. The van der Waals surface area contributed by atoms with Crippen LogP contribution in [0, 0.1) is 0 Å². The number of H-pyrrole nitrogens is 1. The molecule has 4 rings (SSSR count). The van der Waals surface area contributed by atoms with E-state index in [0.717, 1.165) is 32.0 Å². The lowest BCUT2D eigenvalue weighted by Gasteiger charge is -2.07. The Bertz CT molecular complexity index is 1040. The Hall–Kier alpha value is -2.66. The number of rotatable bonds is 2. The molecule has 0 saturated carbocycles. The number of benzene rings is 3. The number of halogens is 1. The number of carbonyl (C=O) groups is 1. The van der Waals surface area contributed by atoms with Crippen LogP contribution in [0.15, 0.2) is 65.4 Å². The quantitative estimate of drug-likeness (QED) is 0.539. The number of hydrogen-bond donors (Lipinski definition) is 2. The van der Waals surface area contributed by atoms with Gasteiger partial charge in [0.1, 0.15) is 0 Å². The molecule has 0 bridgehead atoms. The summed E-state index contributed by atoms with van der Waals surface area (Å²) in [5, 5.41) is 5.04. The first-order chi connectivity index (χ1) is 11.2. The molecule has 0 aliphatic rings. The summed E-state index contributed by atoms with van der Waals surface area (Å²) in [6.45, 7) is 0. The van der Waals surface area contributed by atoms with Crippen molar-refractivity contribution in [3.63, 3.8) is 0 Å². The van der Waals surface area contributed by atoms with Crippen molar-refractivity contribution in [3.8, 4) is 0 Å². The summed E-state index contributed by atoms with van der Waals surface area (Å²) in [6, 6.07) is 17.3. The van der Waals surface area contributed by atoms with E-state index in [-0.39, 0.29) is 5.91 Å².